The van der Waals surface area contributed by atoms with E-state index in [0.717, 1.165) is 27.5 Å². The average Bonchev–Trinajstić information content (AvgIpc) is 2.98. The molecule has 3 rings (SSSR count). The minimum Gasteiger partial charge on any atom is -0.331 e. The Morgan fingerprint density at radius 3 is 2.41 bits per heavy atom. The van der Waals surface area contributed by atoms with E-state index in [0.29, 0.717) is 4.88 Å². The van der Waals surface area contributed by atoms with Crippen LogP contribution in [0.2, 0.25) is 0 Å². The van der Waals surface area contributed by atoms with E-state index in [9.17, 15) is 4.79 Å². The highest BCUT2D eigenvalue weighted by Crippen LogP contribution is 2.26. The van der Waals surface area contributed by atoms with Gasteiger partial charge in [-0.25, -0.2) is 4.98 Å². The Morgan fingerprint density at radius 2 is 1.68 bits per heavy atom. The number of anilines is 2. The summed E-state index contributed by atoms with van der Waals surface area (Å²) in [6.07, 6.45) is 1.64. The lowest BCUT2D eigenvalue weighted by Crippen LogP contribution is -2.00. The van der Waals surface area contributed by atoms with Crippen molar-refractivity contribution in [2.45, 2.75) is 13.8 Å². The fourth-order valence-corrected chi connectivity index (χ4v) is 3.01. The molecule has 0 saturated heterocycles. The van der Waals surface area contributed by atoms with Crippen LogP contribution >= 0.6 is 11.3 Å². The zero-order valence-corrected chi connectivity index (χ0v) is 13.3. The number of rotatable bonds is 4. The number of aryl methyl sites for hydroxylation is 2. The summed E-state index contributed by atoms with van der Waals surface area (Å²) in [7, 11) is 0. The van der Waals surface area contributed by atoms with E-state index in [2.05, 4.69) is 10.3 Å². The van der Waals surface area contributed by atoms with Crippen molar-refractivity contribution in [1.29, 1.82) is 0 Å². The lowest BCUT2D eigenvalue weighted by Gasteiger charge is -2.05. The monoisotopic (exact) mass is 308 g/mol. The first kappa shape index (κ1) is 14.5. The predicted octanol–water partition coefficient (Wildman–Crippen LogP) is 4.73. The third-order valence-electron chi connectivity index (χ3n) is 3.51. The normalized spacial score (nSPS) is 10.5. The van der Waals surface area contributed by atoms with Gasteiger partial charge in [0.2, 0.25) is 5.78 Å². The molecule has 0 saturated carbocycles. The van der Waals surface area contributed by atoms with Crippen LogP contribution in [0.5, 0.6) is 0 Å². The topological polar surface area (TPSA) is 42.0 Å². The van der Waals surface area contributed by atoms with E-state index < -0.39 is 0 Å². The third kappa shape index (κ3) is 2.92. The summed E-state index contributed by atoms with van der Waals surface area (Å²) < 4.78 is 0. The third-order valence-corrected chi connectivity index (χ3v) is 4.42. The van der Waals surface area contributed by atoms with E-state index >= 15 is 0 Å². The summed E-state index contributed by atoms with van der Waals surface area (Å²) in [5.74, 6) is 0.0217. The number of ketones is 1. The van der Waals surface area contributed by atoms with Crippen LogP contribution in [0.1, 0.15) is 26.4 Å². The van der Waals surface area contributed by atoms with Crippen LogP contribution in [0, 0.1) is 13.8 Å². The Balaban J connectivity index is 1.84. The van der Waals surface area contributed by atoms with Gasteiger partial charge in [-0.1, -0.05) is 53.8 Å². The number of para-hydroxylation sites is 1. The van der Waals surface area contributed by atoms with Crippen molar-refractivity contribution in [2.75, 3.05) is 5.32 Å². The lowest BCUT2D eigenvalue weighted by atomic mass is 10.0. The van der Waals surface area contributed by atoms with Crippen LogP contribution in [0.15, 0.2) is 54.7 Å². The summed E-state index contributed by atoms with van der Waals surface area (Å²) in [4.78, 5) is 17.5. The van der Waals surface area contributed by atoms with Crippen LogP contribution in [0.4, 0.5) is 10.8 Å². The number of carbonyl (C=O) groups is 1. The minimum absolute atomic E-state index is 0.0217. The zero-order valence-electron chi connectivity index (χ0n) is 12.5. The summed E-state index contributed by atoms with van der Waals surface area (Å²) in [5, 5.41) is 4.00. The van der Waals surface area contributed by atoms with Crippen molar-refractivity contribution in [3.8, 4) is 0 Å². The van der Waals surface area contributed by atoms with Gasteiger partial charge in [0.15, 0.2) is 5.13 Å². The summed E-state index contributed by atoms with van der Waals surface area (Å²) >= 11 is 1.38. The second-order valence-electron chi connectivity index (χ2n) is 5.11. The molecule has 0 bridgehead atoms. The molecule has 4 heteroatoms. The Morgan fingerprint density at radius 1 is 1.00 bits per heavy atom. The van der Waals surface area contributed by atoms with Gasteiger partial charge < -0.3 is 5.32 Å². The van der Waals surface area contributed by atoms with Gasteiger partial charge in [-0.15, -0.1) is 0 Å². The predicted molar refractivity (Wildman–Crippen MR) is 91.2 cm³/mol. The molecule has 110 valence electrons. The van der Waals surface area contributed by atoms with E-state index in [1.54, 1.807) is 6.20 Å². The molecule has 1 aromatic heterocycles. The number of hydrogen-bond acceptors (Lipinski definition) is 4. The molecule has 22 heavy (non-hydrogen) atoms. The second-order valence-corrected chi connectivity index (χ2v) is 6.14. The first-order chi connectivity index (χ1) is 10.6. The largest absolute Gasteiger partial charge is 0.331 e. The Labute approximate surface area is 133 Å². The first-order valence-electron chi connectivity index (χ1n) is 7.04. The van der Waals surface area contributed by atoms with Crippen molar-refractivity contribution in [3.63, 3.8) is 0 Å². The molecule has 0 aliphatic carbocycles. The van der Waals surface area contributed by atoms with Gasteiger partial charge in [-0.3, -0.25) is 4.79 Å². The Bertz CT molecular complexity index is 823. The van der Waals surface area contributed by atoms with Gasteiger partial charge in [-0.2, -0.15) is 0 Å². The van der Waals surface area contributed by atoms with E-state index in [1.165, 1.54) is 11.3 Å². The minimum atomic E-state index is 0.0217. The van der Waals surface area contributed by atoms with Crippen molar-refractivity contribution in [1.82, 2.24) is 4.98 Å². The van der Waals surface area contributed by atoms with E-state index in [-0.39, 0.29) is 5.78 Å². The molecule has 2 aromatic carbocycles. The smallest absolute Gasteiger partial charge is 0.204 e. The lowest BCUT2D eigenvalue weighted by molar-refractivity contribution is 0.104. The Kier molecular flexibility index (Phi) is 4.02. The van der Waals surface area contributed by atoms with Gasteiger partial charge in [-0.05, 0) is 31.0 Å². The molecular formula is C18H16N2OS. The van der Waals surface area contributed by atoms with Crippen molar-refractivity contribution in [3.05, 3.63) is 76.3 Å². The SMILES string of the molecule is Cc1ccccc1Nc1ncc(C(=O)c2ccccc2C)s1. The molecule has 3 nitrogen and oxygen atoms in total. The van der Waals surface area contributed by atoms with Crippen molar-refractivity contribution >= 4 is 27.9 Å². The number of thiazole rings is 1. The summed E-state index contributed by atoms with van der Waals surface area (Å²) in [5.41, 5.74) is 3.86. The maximum absolute atomic E-state index is 12.5. The first-order valence-corrected chi connectivity index (χ1v) is 7.85. The molecule has 0 spiro atoms. The maximum Gasteiger partial charge on any atom is 0.204 e. The van der Waals surface area contributed by atoms with Crippen LogP contribution in [0.25, 0.3) is 0 Å². The summed E-state index contributed by atoms with van der Waals surface area (Å²) in [6.45, 7) is 3.98. The second kappa shape index (κ2) is 6.12. The van der Waals surface area contributed by atoms with Crippen molar-refractivity contribution < 1.29 is 4.79 Å². The molecule has 0 radical (unpaired) electrons. The molecule has 1 heterocycles. The molecule has 3 aromatic rings. The molecule has 1 N–H and O–H groups in total. The van der Waals surface area contributed by atoms with E-state index in [4.69, 9.17) is 0 Å². The Hall–Kier alpha value is -2.46. The van der Waals surface area contributed by atoms with Crippen LogP contribution in [-0.2, 0) is 0 Å². The van der Waals surface area contributed by atoms with Gasteiger partial charge in [0.05, 0.1) is 11.1 Å². The van der Waals surface area contributed by atoms with Gasteiger partial charge >= 0.3 is 0 Å². The molecule has 0 fully saturated rings. The van der Waals surface area contributed by atoms with E-state index in [1.807, 2.05) is 62.4 Å². The number of nitrogens with zero attached hydrogens (tertiary/aromatic N) is 1. The maximum atomic E-state index is 12.5. The van der Waals surface area contributed by atoms with Crippen LogP contribution < -0.4 is 5.32 Å². The highest BCUT2D eigenvalue weighted by atomic mass is 32.1. The summed E-state index contributed by atoms with van der Waals surface area (Å²) in [6, 6.07) is 15.6. The molecule has 0 unspecified atom stereocenters. The van der Waals surface area contributed by atoms with Gasteiger partial charge in [0.25, 0.3) is 0 Å². The standard InChI is InChI=1S/C18H16N2OS/c1-12-7-3-5-9-14(12)17(21)16-11-19-18(22-16)20-15-10-6-4-8-13(15)2/h3-11H,1-2H3,(H,19,20). The van der Waals surface area contributed by atoms with Gasteiger partial charge in [0, 0.05) is 11.3 Å². The molecule has 0 atom stereocenters. The molecule has 0 amide bonds. The molecule has 0 aliphatic heterocycles. The highest BCUT2D eigenvalue weighted by molar-refractivity contribution is 7.17. The van der Waals surface area contributed by atoms with Crippen LogP contribution in [0.3, 0.4) is 0 Å². The number of carbonyl (C=O) groups excluding carboxylic acids is 1. The average molecular weight is 308 g/mol. The molecular weight excluding hydrogens is 292 g/mol. The quantitative estimate of drug-likeness (QED) is 0.708. The zero-order chi connectivity index (χ0) is 15.5. The molecule has 0 aliphatic rings. The fraction of sp³-hybridized carbons (Fsp3) is 0.111. The number of benzene rings is 2. The number of hydrogen-bond donors (Lipinski definition) is 1. The fourth-order valence-electron chi connectivity index (χ4n) is 2.23. The highest BCUT2D eigenvalue weighted by Gasteiger charge is 2.15. The number of aromatic nitrogens is 1. The van der Waals surface area contributed by atoms with Gasteiger partial charge in [0.1, 0.15) is 0 Å². The number of nitrogens with one attached hydrogen (secondary N) is 1. The van der Waals surface area contributed by atoms with Crippen LogP contribution in [-0.4, -0.2) is 10.8 Å². The van der Waals surface area contributed by atoms with Crippen molar-refractivity contribution in [2.24, 2.45) is 0 Å².